The highest BCUT2D eigenvalue weighted by molar-refractivity contribution is 4.90. The van der Waals surface area contributed by atoms with E-state index < -0.39 is 11.7 Å². The van der Waals surface area contributed by atoms with E-state index in [1.54, 1.807) is 0 Å². The van der Waals surface area contributed by atoms with Crippen LogP contribution in [0.25, 0.3) is 0 Å². The standard InChI is InChI=1S/C11H22O3/c1-3-14-8-10(12)11(13)6-4-9(2)5-7-11/h9-10,12-13H,3-8H2,1-2H3. The molecule has 1 aliphatic rings. The van der Waals surface area contributed by atoms with Gasteiger partial charge in [-0.1, -0.05) is 6.92 Å². The number of hydrogen-bond acceptors (Lipinski definition) is 3. The largest absolute Gasteiger partial charge is 0.388 e. The molecule has 1 aliphatic carbocycles. The van der Waals surface area contributed by atoms with E-state index in [4.69, 9.17) is 4.74 Å². The van der Waals surface area contributed by atoms with Gasteiger partial charge in [-0.05, 0) is 38.5 Å². The van der Waals surface area contributed by atoms with E-state index >= 15 is 0 Å². The average molecular weight is 202 g/mol. The Balaban J connectivity index is 2.40. The van der Waals surface area contributed by atoms with Gasteiger partial charge in [-0.3, -0.25) is 0 Å². The van der Waals surface area contributed by atoms with Gasteiger partial charge in [0, 0.05) is 6.61 Å². The molecule has 0 aromatic rings. The van der Waals surface area contributed by atoms with Crippen LogP contribution in [0.1, 0.15) is 39.5 Å². The summed E-state index contributed by atoms with van der Waals surface area (Å²) >= 11 is 0. The Morgan fingerprint density at radius 3 is 2.50 bits per heavy atom. The molecule has 0 amide bonds. The minimum atomic E-state index is -0.901. The first kappa shape index (κ1) is 12.0. The van der Waals surface area contributed by atoms with Crippen LogP contribution in [0.4, 0.5) is 0 Å². The van der Waals surface area contributed by atoms with Gasteiger partial charge in [0.2, 0.25) is 0 Å². The number of rotatable bonds is 4. The van der Waals surface area contributed by atoms with E-state index in [1.807, 2.05) is 6.92 Å². The number of ether oxygens (including phenoxy) is 1. The van der Waals surface area contributed by atoms with Crippen molar-refractivity contribution in [3.63, 3.8) is 0 Å². The molecule has 3 nitrogen and oxygen atoms in total. The smallest absolute Gasteiger partial charge is 0.106 e. The average Bonchev–Trinajstić information content (AvgIpc) is 2.19. The second-order valence-electron chi connectivity index (χ2n) is 4.46. The lowest BCUT2D eigenvalue weighted by molar-refractivity contribution is -0.127. The fourth-order valence-electron chi connectivity index (χ4n) is 1.98. The Labute approximate surface area is 86.1 Å². The van der Waals surface area contributed by atoms with Crippen LogP contribution in [-0.4, -0.2) is 35.1 Å². The molecule has 2 N–H and O–H groups in total. The number of aliphatic hydroxyl groups excluding tert-OH is 1. The van der Waals surface area contributed by atoms with Crippen molar-refractivity contribution < 1.29 is 14.9 Å². The Kier molecular flexibility index (Phi) is 4.35. The summed E-state index contributed by atoms with van der Waals surface area (Å²) < 4.78 is 5.13. The quantitative estimate of drug-likeness (QED) is 0.723. The Hall–Kier alpha value is -0.120. The molecule has 0 saturated heterocycles. The molecule has 0 spiro atoms. The van der Waals surface area contributed by atoms with Gasteiger partial charge < -0.3 is 14.9 Å². The summed E-state index contributed by atoms with van der Waals surface area (Å²) in [4.78, 5) is 0. The lowest BCUT2D eigenvalue weighted by atomic mass is 9.77. The third-order valence-corrected chi connectivity index (χ3v) is 3.24. The summed E-state index contributed by atoms with van der Waals surface area (Å²) in [5.74, 6) is 0.676. The zero-order chi connectivity index (χ0) is 10.6. The van der Waals surface area contributed by atoms with Crippen LogP contribution < -0.4 is 0 Å². The van der Waals surface area contributed by atoms with Crippen molar-refractivity contribution in [3.8, 4) is 0 Å². The molecule has 0 aromatic heterocycles. The summed E-state index contributed by atoms with van der Waals surface area (Å²) in [5, 5.41) is 19.9. The topological polar surface area (TPSA) is 49.7 Å². The molecule has 0 aliphatic heterocycles. The highest BCUT2D eigenvalue weighted by Crippen LogP contribution is 2.34. The van der Waals surface area contributed by atoms with Gasteiger partial charge in [-0.2, -0.15) is 0 Å². The molecule has 1 fully saturated rings. The lowest BCUT2D eigenvalue weighted by Gasteiger charge is -2.38. The first-order chi connectivity index (χ1) is 6.58. The monoisotopic (exact) mass is 202 g/mol. The summed E-state index contributed by atoms with van der Waals surface area (Å²) in [5.41, 5.74) is -0.901. The highest BCUT2D eigenvalue weighted by Gasteiger charge is 2.38. The van der Waals surface area contributed by atoms with Crippen molar-refractivity contribution in [2.45, 2.75) is 51.2 Å². The first-order valence-corrected chi connectivity index (χ1v) is 5.56. The molecule has 1 rings (SSSR count). The molecule has 14 heavy (non-hydrogen) atoms. The maximum atomic E-state index is 10.2. The minimum absolute atomic E-state index is 0.251. The zero-order valence-corrected chi connectivity index (χ0v) is 9.20. The van der Waals surface area contributed by atoms with E-state index in [9.17, 15) is 10.2 Å². The van der Waals surface area contributed by atoms with Crippen molar-refractivity contribution in [3.05, 3.63) is 0 Å². The number of hydrogen-bond donors (Lipinski definition) is 2. The zero-order valence-electron chi connectivity index (χ0n) is 9.20. The Bertz CT molecular complexity index is 162. The normalized spacial score (nSPS) is 35.6. The SMILES string of the molecule is CCOCC(O)C1(O)CCC(C)CC1. The summed E-state index contributed by atoms with van der Waals surface area (Å²) in [7, 11) is 0. The van der Waals surface area contributed by atoms with Crippen molar-refractivity contribution in [2.24, 2.45) is 5.92 Å². The fourth-order valence-corrected chi connectivity index (χ4v) is 1.98. The van der Waals surface area contributed by atoms with Crippen LogP contribution in [0.5, 0.6) is 0 Å². The highest BCUT2D eigenvalue weighted by atomic mass is 16.5. The molecule has 0 aromatic carbocycles. The molecule has 84 valence electrons. The fraction of sp³-hybridized carbons (Fsp3) is 1.00. The van der Waals surface area contributed by atoms with Gasteiger partial charge in [0.25, 0.3) is 0 Å². The van der Waals surface area contributed by atoms with E-state index in [0.717, 1.165) is 12.8 Å². The second kappa shape index (κ2) is 5.10. The molecule has 1 unspecified atom stereocenters. The van der Waals surface area contributed by atoms with Crippen LogP contribution in [-0.2, 0) is 4.74 Å². The Morgan fingerprint density at radius 2 is 2.00 bits per heavy atom. The predicted molar refractivity (Wildman–Crippen MR) is 55.1 cm³/mol. The molecule has 1 saturated carbocycles. The van der Waals surface area contributed by atoms with Crippen molar-refractivity contribution in [1.82, 2.24) is 0 Å². The maximum absolute atomic E-state index is 10.2. The predicted octanol–water partition coefficient (Wildman–Crippen LogP) is 1.32. The van der Waals surface area contributed by atoms with Crippen molar-refractivity contribution in [2.75, 3.05) is 13.2 Å². The third kappa shape index (κ3) is 2.94. The molecular weight excluding hydrogens is 180 g/mol. The minimum Gasteiger partial charge on any atom is -0.388 e. The van der Waals surface area contributed by atoms with E-state index in [0.29, 0.717) is 25.4 Å². The molecule has 1 atom stereocenters. The van der Waals surface area contributed by atoms with Crippen LogP contribution >= 0.6 is 0 Å². The van der Waals surface area contributed by atoms with Crippen molar-refractivity contribution >= 4 is 0 Å². The maximum Gasteiger partial charge on any atom is 0.106 e. The summed E-state index contributed by atoms with van der Waals surface area (Å²) in [6.07, 6.45) is 2.67. The van der Waals surface area contributed by atoms with Crippen LogP contribution in [0.3, 0.4) is 0 Å². The van der Waals surface area contributed by atoms with Gasteiger partial charge in [-0.25, -0.2) is 0 Å². The van der Waals surface area contributed by atoms with Crippen LogP contribution in [0.2, 0.25) is 0 Å². The van der Waals surface area contributed by atoms with Crippen LogP contribution in [0.15, 0.2) is 0 Å². The van der Waals surface area contributed by atoms with E-state index in [1.165, 1.54) is 0 Å². The Morgan fingerprint density at radius 1 is 1.43 bits per heavy atom. The molecular formula is C11H22O3. The van der Waals surface area contributed by atoms with E-state index in [2.05, 4.69) is 6.92 Å². The molecule has 3 heteroatoms. The molecule has 0 heterocycles. The van der Waals surface area contributed by atoms with Gasteiger partial charge >= 0.3 is 0 Å². The van der Waals surface area contributed by atoms with Gasteiger partial charge in [0.1, 0.15) is 6.10 Å². The molecule has 0 radical (unpaired) electrons. The second-order valence-corrected chi connectivity index (χ2v) is 4.46. The summed E-state index contributed by atoms with van der Waals surface area (Å²) in [6, 6.07) is 0. The van der Waals surface area contributed by atoms with Crippen molar-refractivity contribution in [1.29, 1.82) is 0 Å². The van der Waals surface area contributed by atoms with Gasteiger partial charge in [0.15, 0.2) is 0 Å². The van der Waals surface area contributed by atoms with E-state index in [-0.39, 0.29) is 6.61 Å². The summed E-state index contributed by atoms with van der Waals surface area (Å²) in [6.45, 7) is 4.92. The van der Waals surface area contributed by atoms with Crippen LogP contribution in [0, 0.1) is 5.92 Å². The molecule has 0 bridgehead atoms. The lowest BCUT2D eigenvalue weighted by Crippen LogP contribution is -2.47. The third-order valence-electron chi connectivity index (χ3n) is 3.24. The van der Waals surface area contributed by atoms with Gasteiger partial charge in [-0.15, -0.1) is 0 Å². The first-order valence-electron chi connectivity index (χ1n) is 5.56. The number of aliphatic hydroxyl groups is 2. The van der Waals surface area contributed by atoms with Gasteiger partial charge in [0.05, 0.1) is 12.2 Å².